The molecule has 12 atom stereocenters. The van der Waals surface area contributed by atoms with Crippen LogP contribution in [0.3, 0.4) is 0 Å². The van der Waals surface area contributed by atoms with E-state index in [0.717, 1.165) is 109 Å². The van der Waals surface area contributed by atoms with Crippen molar-refractivity contribution in [2.24, 2.45) is 35.5 Å². The van der Waals surface area contributed by atoms with Crippen molar-refractivity contribution in [2.45, 2.75) is 152 Å². The van der Waals surface area contributed by atoms with Gasteiger partial charge < -0.3 is 58.8 Å². The molecule has 28 heteroatoms. The standard InChI is InChI=1S/4C16H21ClN2OS.2C16H22N2OS/c4*1-3-16(20)19-9-13(11-5-4-6-18(2)8-11)12-7-15(17)21-14(12)10-19;2*1-3-16(19)18-10-14(12-5-4-7-17(2)9-12)13-6-8-20-15(13)11-18/h4*3,7,11,13H,1,4-6,8-10H2,2H3;2*3,6,8,12,14H,1,4-5,7,9-11H2,2H3/t2*11-,13+;2*11-,13-;12-,14+;12-,14-/m101010/s1. The molecule has 0 N–H and O–H groups in total. The lowest BCUT2D eigenvalue weighted by molar-refractivity contribution is -0.128. The van der Waals surface area contributed by atoms with Crippen molar-refractivity contribution in [3.8, 4) is 0 Å². The van der Waals surface area contributed by atoms with E-state index >= 15 is 0 Å². The van der Waals surface area contributed by atoms with Crippen molar-refractivity contribution in [2.75, 3.05) is 160 Å². The van der Waals surface area contributed by atoms with E-state index in [1.165, 1.54) is 215 Å². The minimum Gasteiger partial charge on any atom is -0.333 e. The number of fused-ring (bicyclic) bond motifs is 6. The fraction of sp³-hybridized carbons (Fsp3) is 0.562. The van der Waals surface area contributed by atoms with Gasteiger partial charge >= 0.3 is 0 Å². The van der Waals surface area contributed by atoms with Crippen LogP contribution >= 0.6 is 114 Å². The van der Waals surface area contributed by atoms with Gasteiger partial charge in [-0.3, -0.25) is 28.8 Å². The maximum Gasteiger partial charge on any atom is 0.246 e. The predicted octanol–water partition coefficient (Wildman–Crippen LogP) is 18.8. The molecular weight excluding hydrogens is 1750 g/mol. The topological polar surface area (TPSA) is 141 Å². The van der Waals surface area contributed by atoms with Crippen LogP contribution < -0.4 is 0 Å². The van der Waals surface area contributed by atoms with Gasteiger partial charge in [-0.2, -0.15) is 0 Å². The largest absolute Gasteiger partial charge is 0.333 e. The zero-order valence-corrected chi connectivity index (χ0v) is 81.4. The van der Waals surface area contributed by atoms with Gasteiger partial charge in [-0.1, -0.05) is 85.9 Å². The number of hydrogen-bond acceptors (Lipinski definition) is 18. The van der Waals surface area contributed by atoms with E-state index in [2.05, 4.69) is 158 Å². The lowest BCUT2D eigenvalue weighted by Gasteiger charge is -2.40. The molecular formula is C96H128Cl4N12O6S6. The Kier molecular flexibility index (Phi) is 34.7. The first-order valence-electron chi connectivity index (χ1n) is 44.5. The van der Waals surface area contributed by atoms with Crippen molar-refractivity contribution in [3.05, 3.63) is 203 Å². The monoisotopic (exact) mass is 1880 g/mol. The van der Waals surface area contributed by atoms with Gasteiger partial charge in [0, 0.05) is 143 Å². The lowest BCUT2D eigenvalue weighted by atomic mass is 9.79. The number of thiophene rings is 6. The summed E-state index contributed by atoms with van der Waals surface area (Å²) in [4.78, 5) is 106. The Bertz CT molecular complexity index is 4260. The zero-order valence-electron chi connectivity index (χ0n) is 73.5. The molecule has 0 unspecified atom stereocenters. The predicted molar refractivity (Wildman–Crippen MR) is 517 cm³/mol. The van der Waals surface area contributed by atoms with Gasteiger partial charge in [0.2, 0.25) is 35.4 Å². The summed E-state index contributed by atoms with van der Waals surface area (Å²) in [5.74, 6) is 6.62. The summed E-state index contributed by atoms with van der Waals surface area (Å²) in [6.45, 7) is 44.7. The molecule has 12 aliphatic rings. The molecule has 6 amide bonds. The molecule has 0 radical (unpaired) electrons. The van der Waals surface area contributed by atoms with Gasteiger partial charge in [0.05, 0.1) is 56.6 Å². The number of rotatable bonds is 12. The molecule has 6 saturated heterocycles. The smallest absolute Gasteiger partial charge is 0.246 e. The Morgan fingerprint density at radius 1 is 0.282 bits per heavy atom. The third-order valence-electron chi connectivity index (χ3n) is 28.0. The first kappa shape index (κ1) is 95.9. The minimum absolute atomic E-state index is 0.0272. The van der Waals surface area contributed by atoms with E-state index < -0.39 is 0 Å². The molecule has 6 aromatic heterocycles. The quantitative estimate of drug-likeness (QED) is 0.108. The van der Waals surface area contributed by atoms with Crippen LogP contribution in [-0.4, -0.2) is 254 Å². The normalized spacial score (nSPS) is 26.7. The molecule has 672 valence electrons. The van der Waals surface area contributed by atoms with Crippen LogP contribution in [0.25, 0.3) is 0 Å². The van der Waals surface area contributed by atoms with Gasteiger partial charge in [-0.25, -0.2) is 0 Å². The summed E-state index contributed by atoms with van der Waals surface area (Å²) >= 11 is 34.9. The van der Waals surface area contributed by atoms with Crippen LogP contribution in [0.4, 0.5) is 0 Å². The van der Waals surface area contributed by atoms with Gasteiger partial charge in [0.1, 0.15) is 0 Å². The third kappa shape index (κ3) is 23.9. The fourth-order valence-corrected chi connectivity index (χ4v) is 29.3. The van der Waals surface area contributed by atoms with Crippen molar-refractivity contribution in [1.29, 1.82) is 0 Å². The van der Waals surface area contributed by atoms with Gasteiger partial charge in [-0.15, -0.1) is 68.0 Å². The van der Waals surface area contributed by atoms with Crippen LogP contribution in [0.1, 0.15) is 175 Å². The van der Waals surface area contributed by atoms with Crippen LogP contribution in [0, 0.1) is 35.5 Å². The Morgan fingerprint density at radius 2 is 0.460 bits per heavy atom. The highest BCUT2D eigenvalue weighted by atomic mass is 35.5. The average molecular weight is 1880 g/mol. The van der Waals surface area contributed by atoms with E-state index in [1.807, 2.05) is 29.4 Å². The number of carbonyl (C=O) groups excluding carboxylic acids is 6. The summed E-state index contributed by atoms with van der Waals surface area (Å²) in [6.07, 6.45) is 23.6. The molecule has 12 aliphatic heterocycles. The maximum absolute atomic E-state index is 12.0. The van der Waals surface area contributed by atoms with E-state index in [4.69, 9.17) is 46.4 Å². The molecule has 18 nitrogen and oxygen atoms in total. The van der Waals surface area contributed by atoms with E-state index in [9.17, 15) is 28.8 Å². The molecule has 0 bridgehead atoms. The summed E-state index contributed by atoms with van der Waals surface area (Å²) < 4.78 is 3.34. The molecule has 18 heterocycles. The number of nitrogens with zero attached hydrogens (tertiary/aromatic N) is 12. The SMILES string of the molecule is C=CC(=O)N1Cc2sc(Cl)cc2[C@@H]([C@@H]2CCCN(C)C2)C1.C=CC(=O)N1Cc2sc(Cl)cc2[C@@H]([C@H]2CCCN(C)C2)C1.C=CC(=O)N1Cc2sc(Cl)cc2[C@H]([C@@H]2CCCN(C)C2)C1.C=CC(=O)N1Cc2sc(Cl)cc2[C@H]([C@H]2CCCN(C)C2)C1.C=CC(=O)N1Cc2sccc2[C@H]([C@@H]2CCCN(C)C2)C1.C=CC(=O)N1Cc2sccc2[C@H]([C@H]2CCCN(C)C2)C1. The Hall–Kier alpha value is -5.62. The Morgan fingerprint density at radius 3 is 0.637 bits per heavy atom. The van der Waals surface area contributed by atoms with Crippen molar-refractivity contribution in [1.82, 2.24) is 58.8 Å². The van der Waals surface area contributed by atoms with Gasteiger partial charge in [-0.05, 0) is 311 Å². The summed E-state index contributed by atoms with van der Waals surface area (Å²) in [5.41, 5.74) is 8.47. The molecule has 0 aliphatic carbocycles. The molecule has 18 rings (SSSR count). The van der Waals surface area contributed by atoms with E-state index in [1.54, 1.807) is 68.0 Å². The fourth-order valence-electron chi connectivity index (χ4n) is 21.9. The Labute approximate surface area is 781 Å². The van der Waals surface area contributed by atoms with Gasteiger partial charge in [0.15, 0.2) is 0 Å². The van der Waals surface area contributed by atoms with Crippen LogP contribution in [0.5, 0.6) is 0 Å². The van der Waals surface area contributed by atoms with Crippen molar-refractivity contribution in [3.63, 3.8) is 0 Å². The summed E-state index contributed by atoms with van der Waals surface area (Å²) in [6, 6.07) is 13.0. The number of amides is 6. The highest BCUT2D eigenvalue weighted by Crippen LogP contribution is 2.49. The Balaban J connectivity index is 0.000000128. The molecule has 124 heavy (non-hydrogen) atoms. The third-order valence-corrected chi connectivity index (χ3v) is 34.9. The first-order chi connectivity index (χ1) is 59.7. The minimum atomic E-state index is 0.0272. The van der Waals surface area contributed by atoms with E-state index in [-0.39, 0.29) is 35.4 Å². The van der Waals surface area contributed by atoms with Crippen LogP contribution in [0.2, 0.25) is 17.3 Å². The molecule has 0 aromatic carbocycles. The lowest BCUT2D eigenvalue weighted by Crippen LogP contribution is -2.43. The molecule has 0 saturated carbocycles. The molecule has 6 aromatic rings. The number of piperidine rings is 6. The van der Waals surface area contributed by atoms with E-state index in [0.29, 0.717) is 97.2 Å². The van der Waals surface area contributed by atoms with Crippen LogP contribution in [-0.2, 0) is 68.0 Å². The van der Waals surface area contributed by atoms with Crippen molar-refractivity contribution < 1.29 is 28.8 Å². The molecule has 6 fully saturated rings. The number of carbonyl (C=O) groups is 6. The second kappa shape index (κ2) is 44.8. The average Bonchev–Trinajstić information content (AvgIpc) is 1.68. The number of halogens is 4. The molecule has 0 spiro atoms. The van der Waals surface area contributed by atoms with Gasteiger partial charge in [0.25, 0.3) is 0 Å². The zero-order chi connectivity index (χ0) is 88.2. The summed E-state index contributed by atoms with van der Waals surface area (Å²) in [7, 11) is 13.1. The highest BCUT2D eigenvalue weighted by molar-refractivity contribution is 7.17. The highest BCUT2D eigenvalue weighted by Gasteiger charge is 2.43. The second-order valence-electron chi connectivity index (χ2n) is 36.5. The number of likely N-dealkylation sites (tertiary alicyclic amines) is 6. The maximum atomic E-state index is 12.0. The first-order valence-corrected chi connectivity index (χ1v) is 51.1. The summed E-state index contributed by atoms with van der Waals surface area (Å²) in [5, 5.41) is 4.35. The second-order valence-corrected chi connectivity index (χ2v) is 45.6. The van der Waals surface area contributed by atoms with Crippen molar-refractivity contribution >= 4 is 150 Å². The number of hydrogen-bond donors (Lipinski definition) is 0. The van der Waals surface area contributed by atoms with Crippen LogP contribution in [0.15, 0.2) is 123 Å².